The minimum absolute atomic E-state index is 0.116. The third-order valence-corrected chi connectivity index (χ3v) is 3.59. The van der Waals surface area contributed by atoms with Crippen LogP contribution in [0.15, 0.2) is 69.4 Å². The Balaban J connectivity index is 2.00. The summed E-state index contributed by atoms with van der Waals surface area (Å²) in [5.74, 6) is 1.26. The van der Waals surface area contributed by atoms with Gasteiger partial charge in [-0.2, -0.15) is 0 Å². The van der Waals surface area contributed by atoms with E-state index < -0.39 is 0 Å². The molecule has 0 radical (unpaired) electrons. The van der Waals surface area contributed by atoms with Gasteiger partial charge in [0, 0.05) is 17.7 Å². The molecule has 4 nitrogen and oxygen atoms in total. The minimum atomic E-state index is -0.116. The van der Waals surface area contributed by atoms with E-state index in [9.17, 15) is 9.90 Å². The molecule has 0 saturated heterocycles. The molecule has 0 bridgehead atoms. The highest BCUT2D eigenvalue weighted by atomic mass is 16.5. The summed E-state index contributed by atoms with van der Waals surface area (Å²) in [4.78, 5) is 12.3. The number of hydrogen-bond donors (Lipinski definition) is 1. The van der Waals surface area contributed by atoms with Crippen molar-refractivity contribution in [3.63, 3.8) is 0 Å². The van der Waals surface area contributed by atoms with Gasteiger partial charge in [-0.1, -0.05) is 5.57 Å². The van der Waals surface area contributed by atoms with Gasteiger partial charge < -0.3 is 14.3 Å². The van der Waals surface area contributed by atoms with Crippen LogP contribution in [0.3, 0.4) is 0 Å². The van der Waals surface area contributed by atoms with Gasteiger partial charge in [-0.3, -0.25) is 4.79 Å². The number of fused-ring (bicyclic) bond motifs is 1. The lowest BCUT2D eigenvalue weighted by Gasteiger charge is -2.07. The zero-order chi connectivity index (χ0) is 17.1. The predicted molar refractivity (Wildman–Crippen MR) is 94.5 cm³/mol. The second-order valence-electron chi connectivity index (χ2n) is 5.77. The third kappa shape index (κ3) is 3.49. The van der Waals surface area contributed by atoms with Crippen molar-refractivity contribution in [3.05, 3.63) is 70.4 Å². The largest absolute Gasteiger partial charge is 0.508 e. The van der Waals surface area contributed by atoms with Crippen LogP contribution < -0.4 is 10.2 Å². The number of ether oxygens (including phenoxy) is 1. The number of rotatable bonds is 4. The zero-order valence-electron chi connectivity index (χ0n) is 13.6. The lowest BCUT2D eigenvalue weighted by molar-refractivity contribution is 0.362. The van der Waals surface area contributed by atoms with Gasteiger partial charge in [-0.15, -0.1) is 0 Å². The van der Waals surface area contributed by atoms with Crippen LogP contribution >= 0.6 is 0 Å². The van der Waals surface area contributed by atoms with Crippen LogP contribution in [0.25, 0.3) is 22.3 Å². The minimum Gasteiger partial charge on any atom is -0.508 e. The normalized spacial score (nSPS) is 10.6. The molecule has 1 heterocycles. The molecule has 0 atom stereocenters. The number of phenols is 1. The van der Waals surface area contributed by atoms with Crippen LogP contribution in [-0.4, -0.2) is 11.7 Å². The number of hydrogen-bond acceptors (Lipinski definition) is 4. The lowest BCUT2D eigenvalue weighted by atomic mass is 10.1. The predicted octanol–water partition coefficient (Wildman–Crippen LogP) is 4.51. The number of benzene rings is 2. The average molecular weight is 322 g/mol. The smallest absolute Gasteiger partial charge is 0.193 e. The number of aromatic hydroxyl groups is 1. The van der Waals surface area contributed by atoms with Gasteiger partial charge in [0.25, 0.3) is 0 Å². The number of allylic oxidation sites excluding steroid dienone is 1. The summed E-state index contributed by atoms with van der Waals surface area (Å²) < 4.78 is 11.5. The summed E-state index contributed by atoms with van der Waals surface area (Å²) in [6.07, 6.45) is 1.98. The highest BCUT2D eigenvalue weighted by molar-refractivity contribution is 5.80. The summed E-state index contributed by atoms with van der Waals surface area (Å²) in [7, 11) is 0. The van der Waals surface area contributed by atoms with E-state index in [-0.39, 0.29) is 11.2 Å². The molecule has 122 valence electrons. The quantitative estimate of drug-likeness (QED) is 0.718. The van der Waals surface area contributed by atoms with Crippen LogP contribution in [-0.2, 0) is 0 Å². The molecule has 24 heavy (non-hydrogen) atoms. The Morgan fingerprint density at radius 1 is 1.12 bits per heavy atom. The van der Waals surface area contributed by atoms with Crippen LogP contribution in [0.2, 0.25) is 0 Å². The Morgan fingerprint density at radius 2 is 1.88 bits per heavy atom. The molecule has 3 rings (SSSR count). The maximum Gasteiger partial charge on any atom is 0.193 e. The summed E-state index contributed by atoms with van der Waals surface area (Å²) >= 11 is 0. The van der Waals surface area contributed by atoms with Crippen molar-refractivity contribution >= 4 is 11.0 Å². The summed E-state index contributed by atoms with van der Waals surface area (Å²) in [5.41, 5.74) is 2.26. The molecule has 0 aliphatic rings. The molecule has 4 heteroatoms. The van der Waals surface area contributed by atoms with Gasteiger partial charge >= 0.3 is 0 Å². The van der Waals surface area contributed by atoms with E-state index in [1.165, 1.54) is 11.6 Å². The molecular formula is C20H18O4. The number of phenolic OH excluding ortho intramolecular Hbond substituents is 1. The molecule has 0 aliphatic heterocycles. The highest BCUT2D eigenvalue weighted by Crippen LogP contribution is 2.26. The van der Waals surface area contributed by atoms with Crippen LogP contribution in [0.5, 0.6) is 11.5 Å². The maximum atomic E-state index is 12.3. The van der Waals surface area contributed by atoms with Crippen molar-refractivity contribution in [2.45, 2.75) is 13.8 Å². The highest BCUT2D eigenvalue weighted by Gasteiger charge is 2.08. The molecule has 1 N–H and O–H groups in total. The van der Waals surface area contributed by atoms with Crippen molar-refractivity contribution in [1.29, 1.82) is 0 Å². The first-order chi connectivity index (χ1) is 11.5. The monoisotopic (exact) mass is 322 g/mol. The Labute approximate surface area is 139 Å². The molecule has 0 saturated carbocycles. The standard InChI is InChI=1S/C20H18O4/c1-13(2)9-10-23-16-7-8-17-18(22)12-19(24-20(17)11-16)14-3-5-15(21)6-4-14/h3-9,11-12,21H,10H2,1-2H3. The second kappa shape index (κ2) is 6.62. The molecule has 0 fully saturated rings. The van der Waals surface area contributed by atoms with Gasteiger partial charge in [-0.05, 0) is 56.3 Å². The molecule has 3 aromatic rings. The molecule has 2 aromatic carbocycles. The molecule has 0 amide bonds. The van der Waals surface area contributed by atoms with Crippen LogP contribution in [0.4, 0.5) is 0 Å². The van der Waals surface area contributed by atoms with E-state index in [1.807, 2.05) is 19.9 Å². The molecule has 0 unspecified atom stereocenters. The van der Waals surface area contributed by atoms with E-state index in [4.69, 9.17) is 9.15 Å². The Bertz CT molecular complexity index is 946. The average Bonchev–Trinajstić information content (AvgIpc) is 2.55. The van der Waals surface area contributed by atoms with Crippen molar-refractivity contribution in [1.82, 2.24) is 0 Å². The fourth-order valence-electron chi connectivity index (χ4n) is 2.30. The topological polar surface area (TPSA) is 59.7 Å². The molecular weight excluding hydrogens is 304 g/mol. The fourth-order valence-corrected chi connectivity index (χ4v) is 2.30. The first-order valence-electron chi connectivity index (χ1n) is 7.66. The third-order valence-electron chi connectivity index (χ3n) is 3.59. The van der Waals surface area contributed by atoms with Gasteiger partial charge in [0.1, 0.15) is 29.4 Å². The molecule has 1 aromatic heterocycles. The summed E-state index contributed by atoms with van der Waals surface area (Å²) in [6, 6.07) is 13.2. The second-order valence-corrected chi connectivity index (χ2v) is 5.77. The van der Waals surface area contributed by atoms with Gasteiger partial charge in [0.15, 0.2) is 5.43 Å². The van der Waals surface area contributed by atoms with Crippen LogP contribution in [0, 0.1) is 0 Å². The van der Waals surface area contributed by atoms with E-state index in [0.29, 0.717) is 29.1 Å². The van der Waals surface area contributed by atoms with Crippen molar-refractivity contribution in [3.8, 4) is 22.8 Å². The van der Waals surface area contributed by atoms with E-state index in [0.717, 1.165) is 5.56 Å². The molecule has 0 spiro atoms. The first kappa shape index (κ1) is 15.9. The van der Waals surface area contributed by atoms with Crippen LogP contribution in [0.1, 0.15) is 13.8 Å². The Kier molecular flexibility index (Phi) is 4.38. The fraction of sp³-hybridized carbons (Fsp3) is 0.150. The van der Waals surface area contributed by atoms with Crippen molar-refractivity contribution < 1.29 is 14.3 Å². The Morgan fingerprint density at radius 3 is 2.58 bits per heavy atom. The van der Waals surface area contributed by atoms with E-state index in [2.05, 4.69) is 0 Å². The van der Waals surface area contributed by atoms with Gasteiger partial charge in [0.2, 0.25) is 0 Å². The van der Waals surface area contributed by atoms with E-state index in [1.54, 1.807) is 42.5 Å². The zero-order valence-corrected chi connectivity index (χ0v) is 13.6. The maximum absolute atomic E-state index is 12.3. The van der Waals surface area contributed by atoms with Crippen molar-refractivity contribution in [2.75, 3.05) is 6.61 Å². The first-order valence-corrected chi connectivity index (χ1v) is 7.66. The summed E-state index contributed by atoms with van der Waals surface area (Å²) in [5, 5.41) is 9.88. The SMILES string of the molecule is CC(C)=CCOc1ccc2c(=O)cc(-c3ccc(O)cc3)oc2c1. The van der Waals surface area contributed by atoms with E-state index >= 15 is 0 Å². The lowest BCUT2D eigenvalue weighted by Crippen LogP contribution is -2.01. The Hall–Kier alpha value is -3.01. The van der Waals surface area contributed by atoms with Crippen molar-refractivity contribution in [2.24, 2.45) is 0 Å². The summed E-state index contributed by atoms with van der Waals surface area (Å²) in [6.45, 7) is 4.48. The molecule has 0 aliphatic carbocycles. The van der Waals surface area contributed by atoms with Gasteiger partial charge in [-0.25, -0.2) is 0 Å². The van der Waals surface area contributed by atoms with Gasteiger partial charge in [0.05, 0.1) is 5.39 Å².